The highest BCUT2D eigenvalue weighted by Crippen LogP contribution is 2.24. The molecule has 0 saturated carbocycles. The van der Waals surface area contributed by atoms with Gasteiger partial charge >= 0.3 is 12.4 Å². The molecule has 1 heterocycles. The Balaban J connectivity index is 1.37. The van der Waals surface area contributed by atoms with E-state index in [0.717, 1.165) is 5.56 Å². The second-order valence-corrected chi connectivity index (χ2v) is 7.49. The molecular weight excluding hydrogens is 475 g/mol. The number of hydrogen-bond acceptors (Lipinski definition) is 5. The fourth-order valence-corrected chi connectivity index (χ4v) is 3.15. The number of anilines is 1. The van der Waals surface area contributed by atoms with Crippen LogP contribution < -0.4 is 21.1 Å². The Morgan fingerprint density at radius 3 is 2.39 bits per heavy atom. The second kappa shape index (κ2) is 10.2. The van der Waals surface area contributed by atoms with E-state index in [0.29, 0.717) is 28.5 Å². The van der Waals surface area contributed by atoms with Gasteiger partial charge in [0.1, 0.15) is 12.1 Å². The van der Waals surface area contributed by atoms with E-state index in [1.54, 1.807) is 30.3 Å². The van der Waals surface area contributed by atoms with Gasteiger partial charge in [-0.25, -0.2) is 19.5 Å². The first-order valence-corrected chi connectivity index (χ1v) is 10.5. The van der Waals surface area contributed by atoms with Gasteiger partial charge in [0.25, 0.3) is 0 Å². The van der Waals surface area contributed by atoms with E-state index in [9.17, 15) is 18.0 Å². The molecule has 9 nitrogen and oxygen atoms in total. The van der Waals surface area contributed by atoms with Gasteiger partial charge in [-0.1, -0.05) is 18.2 Å². The molecule has 1 aromatic heterocycles. The number of ether oxygens (including phenoxy) is 1. The number of amides is 2. The van der Waals surface area contributed by atoms with E-state index in [-0.39, 0.29) is 11.7 Å². The van der Waals surface area contributed by atoms with Crippen molar-refractivity contribution in [3.63, 3.8) is 0 Å². The van der Waals surface area contributed by atoms with Crippen LogP contribution in [0.5, 0.6) is 5.75 Å². The summed E-state index contributed by atoms with van der Waals surface area (Å²) in [6.07, 6.45) is -3.32. The van der Waals surface area contributed by atoms with Crippen molar-refractivity contribution >= 4 is 23.4 Å². The number of aryl methyl sites for hydroxylation is 1. The zero-order valence-corrected chi connectivity index (χ0v) is 18.8. The van der Waals surface area contributed by atoms with Crippen LogP contribution in [0.25, 0.3) is 17.1 Å². The van der Waals surface area contributed by atoms with Gasteiger partial charge in [0.15, 0.2) is 5.82 Å². The van der Waals surface area contributed by atoms with Crippen molar-refractivity contribution in [1.82, 2.24) is 20.1 Å². The summed E-state index contributed by atoms with van der Waals surface area (Å²) >= 11 is 0. The van der Waals surface area contributed by atoms with Crippen LogP contribution in [0.2, 0.25) is 0 Å². The molecule has 184 valence electrons. The van der Waals surface area contributed by atoms with Crippen LogP contribution in [0.1, 0.15) is 5.56 Å². The molecule has 0 atom stereocenters. The van der Waals surface area contributed by atoms with Gasteiger partial charge in [-0.15, -0.1) is 18.3 Å². The summed E-state index contributed by atoms with van der Waals surface area (Å²) in [6, 6.07) is 18.8. The van der Waals surface area contributed by atoms with Gasteiger partial charge in [0.05, 0.1) is 11.4 Å². The number of carbonyl (C=O) groups excluding carboxylic acids is 1. The van der Waals surface area contributed by atoms with Crippen LogP contribution in [-0.2, 0) is 0 Å². The standard InChI is InChI=1S/C24H20F3N7O2/c1-15-4-2-3-5-20(15)31-22(28)32-23(35)30-17-8-6-16(7-9-17)21-29-14-34(33-21)18-10-12-19(13-11-18)36-24(25,26)27/h2-14H,1H3,(H4,28,30,31,32,35). The third-order valence-electron chi connectivity index (χ3n) is 4.83. The largest absolute Gasteiger partial charge is 0.573 e. The molecule has 4 aromatic rings. The Hall–Kier alpha value is -4.87. The molecule has 0 fully saturated rings. The molecule has 4 N–H and O–H groups in total. The maximum Gasteiger partial charge on any atom is 0.573 e. The Kier molecular flexibility index (Phi) is 6.86. The first kappa shape index (κ1) is 24.3. The number of nitrogens with two attached hydrogens (primary N) is 1. The number of aromatic nitrogens is 3. The lowest BCUT2D eigenvalue weighted by Gasteiger charge is -2.09. The molecule has 0 aliphatic heterocycles. The number of aliphatic imine (C=N–C) groups is 1. The predicted octanol–water partition coefficient (Wildman–Crippen LogP) is 4.91. The molecule has 4 rings (SSSR count). The quantitative estimate of drug-likeness (QED) is 0.269. The zero-order valence-electron chi connectivity index (χ0n) is 18.8. The molecule has 12 heteroatoms. The molecule has 36 heavy (non-hydrogen) atoms. The van der Waals surface area contributed by atoms with Crippen molar-refractivity contribution in [1.29, 1.82) is 0 Å². The third-order valence-corrected chi connectivity index (χ3v) is 4.83. The van der Waals surface area contributed by atoms with Gasteiger partial charge in [-0.3, -0.25) is 5.32 Å². The van der Waals surface area contributed by atoms with Crippen molar-refractivity contribution in [3.05, 3.63) is 84.7 Å². The number of para-hydroxylation sites is 1. The van der Waals surface area contributed by atoms with Crippen molar-refractivity contribution in [3.8, 4) is 22.8 Å². The highest BCUT2D eigenvalue weighted by atomic mass is 19.4. The number of urea groups is 1. The number of alkyl halides is 3. The number of benzene rings is 3. The molecule has 0 bridgehead atoms. The van der Waals surface area contributed by atoms with E-state index in [1.807, 2.05) is 25.1 Å². The summed E-state index contributed by atoms with van der Waals surface area (Å²) in [6.45, 7) is 1.88. The number of carbonyl (C=O) groups is 1. The lowest BCUT2D eigenvalue weighted by atomic mass is 10.2. The Labute approximate surface area is 203 Å². The van der Waals surface area contributed by atoms with Crippen molar-refractivity contribution < 1.29 is 22.7 Å². The summed E-state index contributed by atoms with van der Waals surface area (Å²) in [4.78, 5) is 20.6. The minimum absolute atomic E-state index is 0.0499. The van der Waals surface area contributed by atoms with E-state index >= 15 is 0 Å². The van der Waals surface area contributed by atoms with Crippen LogP contribution in [0.4, 0.5) is 29.3 Å². The predicted molar refractivity (Wildman–Crippen MR) is 128 cm³/mol. The number of hydrogen-bond donors (Lipinski definition) is 3. The maximum absolute atomic E-state index is 12.3. The number of guanidine groups is 1. The summed E-state index contributed by atoms with van der Waals surface area (Å²) in [5.74, 6) is 0.00399. The van der Waals surface area contributed by atoms with Crippen molar-refractivity contribution in [2.45, 2.75) is 13.3 Å². The Morgan fingerprint density at radius 2 is 1.72 bits per heavy atom. The van der Waals surface area contributed by atoms with E-state index in [1.165, 1.54) is 35.3 Å². The van der Waals surface area contributed by atoms with Crippen LogP contribution in [-0.4, -0.2) is 33.1 Å². The first-order chi connectivity index (χ1) is 17.2. The van der Waals surface area contributed by atoms with Crippen molar-refractivity contribution in [2.75, 3.05) is 5.32 Å². The lowest BCUT2D eigenvalue weighted by Crippen LogP contribution is -2.39. The van der Waals surface area contributed by atoms with Crippen LogP contribution in [0.3, 0.4) is 0 Å². The average Bonchev–Trinajstić information content (AvgIpc) is 3.31. The molecule has 0 spiro atoms. The summed E-state index contributed by atoms with van der Waals surface area (Å²) in [5, 5.41) is 9.46. The minimum Gasteiger partial charge on any atom is -0.406 e. The molecular formula is C24H20F3N7O2. The number of nitrogens with one attached hydrogen (secondary N) is 2. The van der Waals surface area contributed by atoms with E-state index < -0.39 is 12.4 Å². The Bertz CT molecular complexity index is 1380. The average molecular weight is 495 g/mol. The summed E-state index contributed by atoms with van der Waals surface area (Å²) in [7, 11) is 0. The molecule has 0 unspecified atom stereocenters. The van der Waals surface area contributed by atoms with Gasteiger partial charge < -0.3 is 15.8 Å². The number of nitrogens with zero attached hydrogens (tertiary/aromatic N) is 4. The van der Waals surface area contributed by atoms with Crippen LogP contribution >= 0.6 is 0 Å². The first-order valence-electron chi connectivity index (χ1n) is 10.5. The fraction of sp³-hybridized carbons (Fsp3) is 0.0833. The second-order valence-electron chi connectivity index (χ2n) is 7.49. The topological polar surface area (TPSA) is 119 Å². The van der Waals surface area contributed by atoms with E-state index in [2.05, 4.69) is 30.4 Å². The van der Waals surface area contributed by atoms with E-state index in [4.69, 9.17) is 5.73 Å². The monoisotopic (exact) mass is 495 g/mol. The smallest absolute Gasteiger partial charge is 0.406 e. The summed E-state index contributed by atoms with van der Waals surface area (Å²) < 4.78 is 42.2. The normalized spacial score (nSPS) is 11.7. The maximum atomic E-state index is 12.3. The molecule has 3 aromatic carbocycles. The Morgan fingerprint density at radius 1 is 1.03 bits per heavy atom. The van der Waals surface area contributed by atoms with Gasteiger partial charge in [-0.05, 0) is 67.1 Å². The number of halogens is 3. The van der Waals surface area contributed by atoms with Crippen molar-refractivity contribution in [2.24, 2.45) is 10.7 Å². The molecule has 0 aliphatic carbocycles. The molecule has 0 radical (unpaired) electrons. The highest BCUT2D eigenvalue weighted by Gasteiger charge is 2.31. The molecule has 0 saturated heterocycles. The zero-order chi connectivity index (χ0) is 25.7. The SMILES string of the molecule is Cc1ccccc1N=C(N)NC(=O)Nc1ccc(-c2ncn(-c3ccc(OC(F)(F)F)cc3)n2)cc1. The van der Waals surface area contributed by atoms with Gasteiger partial charge in [-0.2, -0.15) is 0 Å². The number of rotatable bonds is 5. The van der Waals surface area contributed by atoms with Gasteiger partial charge in [0, 0.05) is 11.3 Å². The lowest BCUT2D eigenvalue weighted by molar-refractivity contribution is -0.274. The molecule has 0 aliphatic rings. The van der Waals surface area contributed by atoms with Crippen LogP contribution in [0.15, 0.2) is 84.1 Å². The minimum atomic E-state index is -4.76. The van der Waals surface area contributed by atoms with Crippen LogP contribution in [0, 0.1) is 6.92 Å². The van der Waals surface area contributed by atoms with Gasteiger partial charge in [0.2, 0.25) is 5.96 Å². The summed E-state index contributed by atoms with van der Waals surface area (Å²) in [5.41, 5.74) is 9.05. The molecule has 2 amide bonds. The fourth-order valence-electron chi connectivity index (χ4n) is 3.15. The highest BCUT2D eigenvalue weighted by molar-refractivity contribution is 6.02. The third kappa shape index (κ3) is 6.38.